The number of hydrogen-bond acceptors (Lipinski definition) is 6. The van der Waals surface area contributed by atoms with Crippen LogP contribution in [0.3, 0.4) is 0 Å². The lowest BCUT2D eigenvalue weighted by Crippen LogP contribution is -2.48. The first-order chi connectivity index (χ1) is 19.0. The van der Waals surface area contributed by atoms with Gasteiger partial charge >= 0.3 is 0 Å². The van der Waals surface area contributed by atoms with E-state index in [2.05, 4.69) is 20.6 Å². The second-order valence-electron chi connectivity index (χ2n) is 8.87. The molecule has 0 radical (unpaired) electrons. The summed E-state index contributed by atoms with van der Waals surface area (Å²) < 4.78 is 1.03. The molecular weight excluding hydrogens is 510 g/mol. The molecule has 0 saturated carbocycles. The molecule has 0 aliphatic carbocycles. The van der Waals surface area contributed by atoms with Crippen LogP contribution >= 0.6 is 11.3 Å². The largest absolute Gasteiger partial charge is 0.340 e. The van der Waals surface area contributed by atoms with Crippen molar-refractivity contribution >= 4 is 50.8 Å². The van der Waals surface area contributed by atoms with Gasteiger partial charge in [0.2, 0.25) is 5.91 Å². The molecule has 1 atom stereocenters. The minimum Gasteiger partial charge on any atom is -0.340 e. The molecule has 0 spiro atoms. The number of pyridine rings is 1. The molecule has 0 fully saturated rings. The van der Waals surface area contributed by atoms with E-state index in [-0.39, 0.29) is 11.5 Å². The fourth-order valence-electron chi connectivity index (χ4n) is 4.13. The summed E-state index contributed by atoms with van der Waals surface area (Å²) in [5.74, 6) is -0.715. The monoisotopic (exact) mass is 535 g/mol. The number of nitrogens with one attached hydrogen (secondary N) is 2. The zero-order valence-corrected chi connectivity index (χ0v) is 21.9. The summed E-state index contributed by atoms with van der Waals surface area (Å²) in [7, 11) is 1.68. The molecule has 194 valence electrons. The van der Waals surface area contributed by atoms with E-state index < -0.39 is 17.9 Å². The van der Waals surface area contributed by atoms with Gasteiger partial charge in [-0.05, 0) is 54.1 Å². The molecule has 2 heterocycles. The van der Waals surface area contributed by atoms with Gasteiger partial charge in [0, 0.05) is 36.5 Å². The van der Waals surface area contributed by atoms with E-state index in [1.807, 2.05) is 48.5 Å². The molecule has 5 aromatic rings. The van der Waals surface area contributed by atoms with Crippen LogP contribution in [0.5, 0.6) is 0 Å². The van der Waals surface area contributed by atoms with Gasteiger partial charge in [-0.3, -0.25) is 14.4 Å². The minimum atomic E-state index is -0.845. The highest BCUT2D eigenvalue weighted by atomic mass is 32.1. The van der Waals surface area contributed by atoms with E-state index in [4.69, 9.17) is 0 Å². The molecular formula is C30H25N5O3S. The second-order valence-corrected chi connectivity index (χ2v) is 9.75. The Morgan fingerprint density at radius 1 is 0.846 bits per heavy atom. The average Bonchev–Trinajstić information content (AvgIpc) is 3.45. The van der Waals surface area contributed by atoms with E-state index in [1.165, 1.54) is 22.3 Å². The molecule has 0 unspecified atom stereocenters. The predicted molar refractivity (Wildman–Crippen MR) is 153 cm³/mol. The number of carbonyl (C=O) groups is 3. The number of fused-ring (bicyclic) bond motifs is 1. The third kappa shape index (κ3) is 6.16. The van der Waals surface area contributed by atoms with Crippen molar-refractivity contribution in [3.8, 4) is 0 Å². The maximum absolute atomic E-state index is 13.7. The summed E-state index contributed by atoms with van der Waals surface area (Å²) in [6.45, 7) is 0. The minimum absolute atomic E-state index is 0.265. The topological polar surface area (TPSA) is 104 Å². The molecule has 0 saturated heterocycles. The van der Waals surface area contributed by atoms with E-state index in [0.717, 1.165) is 15.8 Å². The van der Waals surface area contributed by atoms with Crippen molar-refractivity contribution < 1.29 is 14.4 Å². The van der Waals surface area contributed by atoms with Gasteiger partial charge in [-0.25, -0.2) is 9.97 Å². The number of benzene rings is 3. The molecule has 2 aromatic heterocycles. The standard InChI is InChI=1S/C30H25N5O3S/c1-35(23-13-14-26-24(18-23)32-19-39-26)30(38)25(16-20-8-3-2-4-9-20)33-28(36)21-10-7-11-22(17-21)29(37)34-27-12-5-6-15-31-27/h2-15,17-19,25H,16H2,1H3,(H,33,36)(H,31,34,37)/t25-/m0/s1. The highest BCUT2D eigenvalue weighted by Gasteiger charge is 2.26. The van der Waals surface area contributed by atoms with Crippen molar-refractivity contribution in [3.05, 3.63) is 119 Å². The third-order valence-electron chi connectivity index (χ3n) is 6.21. The number of likely N-dealkylation sites (N-methyl/N-ethyl adjacent to an activating group) is 1. The molecule has 8 nitrogen and oxygen atoms in total. The SMILES string of the molecule is CN(C(=O)[C@H](Cc1ccccc1)NC(=O)c1cccc(C(=O)Nc2ccccn2)c1)c1ccc2scnc2c1. The van der Waals surface area contributed by atoms with Crippen LogP contribution in [-0.2, 0) is 11.2 Å². The Morgan fingerprint density at radius 3 is 2.38 bits per heavy atom. The normalized spacial score (nSPS) is 11.5. The molecule has 0 aliphatic heterocycles. The lowest BCUT2D eigenvalue weighted by Gasteiger charge is -2.25. The smallest absolute Gasteiger partial charge is 0.256 e. The number of hydrogen-bond donors (Lipinski definition) is 2. The maximum atomic E-state index is 13.7. The summed E-state index contributed by atoms with van der Waals surface area (Å²) >= 11 is 1.53. The van der Waals surface area contributed by atoms with Gasteiger partial charge in [0.05, 0.1) is 15.7 Å². The Morgan fingerprint density at radius 2 is 1.62 bits per heavy atom. The molecule has 3 aromatic carbocycles. The Hall–Kier alpha value is -4.89. The average molecular weight is 536 g/mol. The van der Waals surface area contributed by atoms with Crippen molar-refractivity contribution in [2.45, 2.75) is 12.5 Å². The highest BCUT2D eigenvalue weighted by molar-refractivity contribution is 7.16. The van der Waals surface area contributed by atoms with Crippen LogP contribution in [0, 0.1) is 0 Å². The fraction of sp³-hybridized carbons (Fsp3) is 0.100. The van der Waals surface area contributed by atoms with Crippen molar-refractivity contribution in [1.82, 2.24) is 15.3 Å². The summed E-state index contributed by atoms with van der Waals surface area (Å²) in [4.78, 5) is 49.7. The van der Waals surface area contributed by atoms with Crippen LogP contribution in [0.25, 0.3) is 10.2 Å². The first kappa shape index (κ1) is 25.7. The van der Waals surface area contributed by atoms with Crippen LogP contribution in [0.4, 0.5) is 11.5 Å². The van der Waals surface area contributed by atoms with Crippen LogP contribution in [0.2, 0.25) is 0 Å². The van der Waals surface area contributed by atoms with Gasteiger partial charge in [-0.1, -0.05) is 42.5 Å². The van der Waals surface area contributed by atoms with Crippen LogP contribution < -0.4 is 15.5 Å². The Labute approximate surface area is 229 Å². The van der Waals surface area contributed by atoms with E-state index in [9.17, 15) is 14.4 Å². The molecule has 0 bridgehead atoms. The quantitative estimate of drug-likeness (QED) is 0.293. The number of aromatic nitrogens is 2. The van der Waals surface area contributed by atoms with Crippen LogP contribution in [0.15, 0.2) is 103 Å². The Bertz CT molecular complexity index is 1620. The van der Waals surface area contributed by atoms with Gasteiger partial charge in [0.15, 0.2) is 0 Å². The van der Waals surface area contributed by atoms with E-state index in [0.29, 0.717) is 23.5 Å². The first-order valence-corrected chi connectivity index (χ1v) is 13.1. The van der Waals surface area contributed by atoms with Crippen molar-refractivity contribution in [3.63, 3.8) is 0 Å². The summed E-state index contributed by atoms with van der Waals surface area (Å²) in [5, 5.41) is 5.61. The van der Waals surface area contributed by atoms with Gasteiger partial charge in [0.25, 0.3) is 11.8 Å². The first-order valence-electron chi connectivity index (χ1n) is 12.3. The Balaban J connectivity index is 1.36. The van der Waals surface area contributed by atoms with E-state index in [1.54, 1.807) is 55.2 Å². The molecule has 9 heteroatoms. The molecule has 5 rings (SSSR count). The van der Waals surface area contributed by atoms with Gasteiger partial charge < -0.3 is 15.5 Å². The van der Waals surface area contributed by atoms with Crippen molar-refractivity contribution in [2.24, 2.45) is 0 Å². The lowest BCUT2D eigenvalue weighted by atomic mass is 10.0. The lowest BCUT2D eigenvalue weighted by molar-refractivity contribution is -0.120. The predicted octanol–water partition coefficient (Wildman–Crippen LogP) is 4.95. The molecule has 3 amide bonds. The third-order valence-corrected chi connectivity index (χ3v) is 7.02. The highest BCUT2D eigenvalue weighted by Crippen LogP contribution is 2.24. The number of nitrogens with zero attached hydrogens (tertiary/aromatic N) is 3. The number of rotatable bonds is 8. The van der Waals surface area contributed by atoms with E-state index >= 15 is 0 Å². The number of amides is 3. The maximum Gasteiger partial charge on any atom is 0.256 e. The zero-order chi connectivity index (χ0) is 27.2. The van der Waals surface area contributed by atoms with Crippen molar-refractivity contribution in [2.75, 3.05) is 17.3 Å². The molecule has 39 heavy (non-hydrogen) atoms. The van der Waals surface area contributed by atoms with Crippen molar-refractivity contribution in [1.29, 1.82) is 0 Å². The number of thiazole rings is 1. The summed E-state index contributed by atoms with van der Waals surface area (Å²) in [6.07, 6.45) is 1.88. The fourth-order valence-corrected chi connectivity index (χ4v) is 4.79. The number of anilines is 2. The van der Waals surface area contributed by atoms with Gasteiger partial charge in [-0.2, -0.15) is 0 Å². The Kier molecular flexibility index (Phi) is 7.70. The second kappa shape index (κ2) is 11.7. The summed E-state index contributed by atoms with van der Waals surface area (Å²) in [5.41, 5.74) is 4.72. The molecule has 0 aliphatic rings. The summed E-state index contributed by atoms with van der Waals surface area (Å²) in [6, 6.07) is 25.9. The van der Waals surface area contributed by atoms with Crippen LogP contribution in [0.1, 0.15) is 26.3 Å². The van der Waals surface area contributed by atoms with Gasteiger partial charge in [-0.15, -0.1) is 11.3 Å². The van der Waals surface area contributed by atoms with Crippen LogP contribution in [-0.4, -0.2) is 40.8 Å². The number of carbonyl (C=O) groups excluding carboxylic acids is 3. The van der Waals surface area contributed by atoms with Gasteiger partial charge in [0.1, 0.15) is 11.9 Å². The molecule has 2 N–H and O–H groups in total. The zero-order valence-electron chi connectivity index (χ0n) is 21.1.